The fourth-order valence-electron chi connectivity index (χ4n) is 6.11. The van der Waals surface area contributed by atoms with Gasteiger partial charge < -0.3 is 9.40 Å². The molecule has 0 fully saturated rings. The highest BCUT2D eigenvalue weighted by Gasteiger charge is 2.22. The summed E-state index contributed by atoms with van der Waals surface area (Å²) in [5, 5.41) is 6.68. The second kappa shape index (κ2) is 7.55. The van der Waals surface area contributed by atoms with Crippen LogP contribution in [0.4, 0.5) is 0 Å². The molecule has 0 aliphatic heterocycles. The second-order valence-electron chi connectivity index (χ2n) is 9.92. The van der Waals surface area contributed by atoms with Gasteiger partial charge in [-0.1, -0.05) is 91.0 Å². The second-order valence-corrected chi connectivity index (χ2v) is 9.92. The zero-order chi connectivity index (χ0) is 25.5. The molecule has 0 radical (unpaired) electrons. The maximum Gasteiger partial charge on any atom is 0.238 e. The van der Waals surface area contributed by atoms with Crippen molar-refractivity contribution in [3.63, 3.8) is 0 Å². The van der Waals surface area contributed by atoms with E-state index in [4.69, 9.17) is 14.4 Å². The lowest BCUT2D eigenvalue weighted by Crippen LogP contribution is -2.02. The van der Waals surface area contributed by atoms with Crippen LogP contribution in [0.15, 0.2) is 120 Å². The number of benzene rings is 5. The van der Waals surface area contributed by atoms with E-state index in [1.807, 2.05) is 36.4 Å². The minimum atomic E-state index is 0.581. The van der Waals surface area contributed by atoms with Gasteiger partial charge in [0.25, 0.3) is 0 Å². The Morgan fingerprint density at radius 2 is 1.31 bits per heavy atom. The smallest absolute Gasteiger partial charge is 0.238 e. The fourth-order valence-corrected chi connectivity index (χ4v) is 6.11. The van der Waals surface area contributed by atoms with Gasteiger partial charge in [-0.25, -0.2) is 4.98 Å². The zero-order valence-electron chi connectivity index (χ0n) is 20.7. The van der Waals surface area contributed by atoms with Crippen LogP contribution >= 0.6 is 0 Å². The Morgan fingerprint density at radius 1 is 0.564 bits per heavy atom. The fraction of sp³-hybridized carbons (Fsp3) is 0. The van der Waals surface area contributed by atoms with Crippen molar-refractivity contribution in [2.24, 2.45) is 0 Å². The molecular weight excluding hydrogens is 480 g/mol. The molecule has 4 heterocycles. The molecular formula is C34H20N4O. The summed E-state index contributed by atoms with van der Waals surface area (Å²) in [6.45, 7) is 0. The number of hydrogen-bond donors (Lipinski definition) is 1. The third-order valence-electron chi connectivity index (χ3n) is 7.79. The summed E-state index contributed by atoms with van der Waals surface area (Å²) >= 11 is 0. The Bertz CT molecular complexity index is 2390. The molecule has 5 nitrogen and oxygen atoms in total. The minimum absolute atomic E-state index is 0.581. The first-order chi connectivity index (χ1) is 19.3. The molecule has 39 heavy (non-hydrogen) atoms. The van der Waals surface area contributed by atoms with Crippen molar-refractivity contribution in [3.8, 4) is 17.2 Å². The first kappa shape index (κ1) is 20.6. The Balaban J connectivity index is 1.45. The maximum absolute atomic E-state index is 6.32. The zero-order valence-corrected chi connectivity index (χ0v) is 20.7. The first-order valence-corrected chi connectivity index (χ1v) is 13.0. The number of H-pyrrole nitrogens is 1. The van der Waals surface area contributed by atoms with Crippen LogP contribution in [-0.2, 0) is 0 Å². The number of para-hydroxylation sites is 3. The van der Waals surface area contributed by atoms with E-state index in [0.717, 1.165) is 60.5 Å². The number of aromatic nitrogens is 4. The molecule has 0 saturated heterocycles. The van der Waals surface area contributed by atoms with Crippen LogP contribution < -0.4 is 0 Å². The third-order valence-corrected chi connectivity index (χ3v) is 7.79. The molecule has 182 valence electrons. The highest BCUT2D eigenvalue weighted by Crippen LogP contribution is 2.40. The van der Waals surface area contributed by atoms with Crippen LogP contribution in [0, 0.1) is 0 Å². The standard InChI is InChI=1S/C34H20N4O/c1-2-10-20(11-3-1)31-30-24-14-6-9-17-28(24)39-33(30)37-34(36-31)38-26-16-8-5-13-23(26)29-27(38)19-18-22-21-12-4-7-15-25(21)35-32(22)29/h1-19,35H. The number of furan rings is 1. The van der Waals surface area contributed by atoms with Gasteiger partial charge >= 0.3 is 0 Å². The van der Waals surface area contributed by atoms with Crippen molar-refractivity contribution < 1.29 is 4.42 Å². The minimum Gasteiger partial charge on any atom is -0.437 e. The highest BCUT2D eigenvalue weighted by atomic mass is 16.3. The molecule has 0 bridgehead atoms. The topological polar surface area (TPSA) is 59.6 Å². The van der Waals surface area contributed by atoms with E-state index < -0.39 is 0 Å². The Morgan fingerprint density at radius 3 is 2.21 bits per heavy atom. The molecule has 1 N–H and O–H groups in total. The molecule has 9 rings (SSSR count). The van der Waals surface area contributed by atoms with Gasteiger partial charge in [-0.15, -0.1) is 0 Å². The van der Waals surface area contributed by atoms with Gasteiger partial charge in [0.15, 0.2) is 0 Å². The first-order valence-electron chi connectivity index (χ1n) is 13.0. The number of aromatic amines is 1. The maximum atomic E-state index is 6.32. The molecule has 0 unspecified atom stereocenters. The van der Waals surface area contributed by atoms with Gasteiger partial charge in [-0.05, 0) is 24.3 Å². The molecule has 0 atom stereocenters. The van der Waals surface area contributed by atoms with Crippen LogP contribution in [0.1, 0.15) is 0 Å². The lowest BCUT2D eigenvalue weighted by atomic mass is 10.1. The van der Waals surface area contributed by atoms with E-state index in [0.29, 0.717) is 11.7 Å². The molecule has 0 spiro atoms. The van der Waals surface area contributed by atoms with Crippen LogP contribution in [0.25, 0.3) is 82.9 Å². The summed E-state index contributed by atoms with van der Waals surface area (Å²) in [5.41, 5.74) is 7.61. The predicted molar refractivity (Wildman–Crippen MR) is 158 cm³/mol. The number of nitrogens with zero attached hydrogens (tertiary/aromatic N) is 3. The average Bonchev–Trinajstić information content (AvgIpc) is 3.66. The van der Waals surface area contributed by atoms with E-state index in [1.165, 1.54) is 10.8 Å². The summed E-state index contributed by atoms with van der Waals surface area (Å²) in [6, 6.07) is 39.7. The van der Waals surface area contributed by atoms with Crippen LogP contribution in [0.2, 0.25) is 0 Å². The monoisotopic (exact) mass is 500 g/mol. The highest BCUT2D eigenvalue weighted by molar-refractivity contribution is 6.25. The van der Waals surface area contributed by atoms with Crippen molar-refractivity contribution >= 4 is 65.7 Å². The molecule has 0 aliphatic rings. The third kappa shape index (κ3) is 2.79. The van der Waals surface area contributed by atoms with E-state index in [-0.39, 0.29) is 0 Å². The number of hydrogen-bond acceptors (Lipinski definition) is 3. The summed E-state index contributed by atoms with van der Waals surface area (Å²) in [4.78, 5) is 14.0. The molecule has 5 aromatic carbocycles. The summed E-state index contributed by atoms with van der Waals surface area (Å²) in [5.74, 6) is 0.585. The van der Waals surface area contributed by atoms with Crippen LogP contribution in [0.5, 0.6) is 0 Å². The quantitative estimate of drug-likeness (QED) is 0.258. The average molecular weight is 501 g/mol. The summed E-state index contributed by atoms with van der Waals surface area (Å²) < 4.78 is 8.48. The van der Waals surface area contributed by atoms with Crippen molar-refractivity contribution in [3.05, 3.63) is 115 Å². The number of nitrogens with one attached hydrogen (secondary N) is 1. The van der Waals surface area contributed by atoms with E-state index in [1.54, 1.807) is 0 Å². The lowest BCUT2D eigenvalue weighted by molar-refractivity contribution is 0.651. The van der Waals surface area contributed by atoms with Gasteiger partial charge in [0.05, 0.1) is 27.6 Å². The van der Waals surface area contributed by atoms with Crippen molar-refractivity contribution in [1.82, 2.24) is 19.5 Å². The lowest BCUT2D eigenvalue weighted by Gasteiger charge is -2.09. The SMILES string of the molecule is c1ccc(-c2nc(-n3c4ccccc4c4c5[nH]c6ccccc6c5ccc43)nc3oc4ccccc4c23)cc1. The van der Waals surface area contributed by atoms with Gasteiger partial charge in [0, 0.05) is 38.0 Å². The van der Waals surface area contributed by atoms with Crippen molar-refractivity contribution in [1.29, 1.82) is 0 Å². The molecule has 0 aliphatic carbocycles. The van der Waals surface area contributed by atoms with Crippen LogP contribution in [-0.4, -0.2) is 19.5 Å². The molecule has 9 aromatic rings. The molecule has 0 amide bonds. The molecule has 4 aromatic heterocycles. The van der Waals surface area contributed by atoms with Gasteiger partial charge in [-0.2, -0.15) is 4.98 Å². The van der Waals surface area contributed by atoms with E-state index in [9.17, 15) is 0 Å². The molecule has 0 saturated carbocycles. The van der Waals surface area contributed by atoms with Crippen molar-refractivity contribution in [2.45, 2.75) is 0 Å². The largest absolute Gasteiger partial charge is 0.437 e. The molecule has 5 heteroatoms. The van der Waals surface area contributed by atoms with E-state index in [2.05, 4.69) is 88.4 Å². The number of rotatable bonds is 2. The van der Waals surface area contributed by atoms with Gasteiger partial charge in [0.1, 0.15) is 5.58 Å². The predicted octanol–water partition coefficient (Wildman–Crippen LogP) is 8.77. The summed E-state index contributed by atoms with van der Waals surface area (Å²) in [7, 11) is 0. The van der Waals surface area contributed by atoms with Gasteiger partial charge in [0.2, 0.25) is 11.7 Å². The van der Waals surface area contributed by atoms with E-state index >= 15 is 0 Å². The Labute approximate surface area is 221 Å². The Hall–Kier alpha value is -5.42. The van der Waals surface area contributed by atoms with Crippen molar-refractivity contribution in [2.75, 3.05) is 0 Å². The number of fused-ring (bicyclic) bond motifs is 10. The van der Waals surface area contributed by atoms with Gasteiger partial charge in [-0.3, -0.25) is 4.57 Å². The van der Waals surface area contributed by atoms with Crippen LogP contribution in [0.3, 0.4) is 0 Å². The Kier molecular flexibility index (Phi) is 3.99. The normalized spacial score (nSPS) is 12.1. The summed E-state index contributed by atoms with van der Waals surface area (Å²) in [6.07, 6.45) is 0.